The topological polar surface area (TPSA) is 15.8 Å². The molecule has 0 spiro atoms. The molecule has 2 aromatic rings. The van der Waals surface area contributed by atoms with Crippen LogP contribution in [0.4, 0.5) is 0 Å². The first kappa shape index (κ1) is 14.2. The van der Waals surface area contributed by atoms with E-state index in [2.05, 4.69) is 37.0 Å². The summed E-state index contributed by atoms with van der Waals surface area (Å²) >= 11 is 5.95. The maximum absolute atomic E-state index is 5.95. The lowest BCUT2D eigenvalue weighted by molar-refractivity contribution is 0.662. The first-order valence-corrected chi connectivity index (χ1v) is 7.53. The van der Waals surface area contributed by atoms with Crippen molar-refractivity contribution in [3.63, 3.8) is 0 Å². The van der Waals surface area contributed by atoms with Crippen molar-refractivity contribution in [2.75, 3.05) is 0 Å². The predicted molar refractivity (Wildman–Crippen MR) is 83.8 cm³/mol. The lowest BCUT2D eigenvalue weighted by atomic mass is 10.0. The van der Waals surface area contributed by atoms with Gasteiger partial charge in [0.1, 0.15) is 0 Å². The Labute approximate surface area is 121 Å². The van der Waals surface area contributed by atoms with Crippen molar-refractivity contribution < 1.29 is 0 Å². The zero-order chi connectivity index (χ0) is 13.7. The van der Waals surface area contributed by atoms with E-state index in [0.29, 0.717) is 0 Å². The molecule has 0 saturated carbocycles. The highest BCUT2D eigenvalue weighted by molar-refractivity contribution is 6.30. The highest BCUT2D eigenvalue weighted by Gasteiger charge is 2.08. The highest BCUT2D eigenvalue weighted by Crippen LogP contribution is 2.27. The highest BCUT2D eigenvalue weighted by atomic mass is 35.5. The van der Waals surface area contributed by atoms with Gasteiger partial charge in [0.25, 0.3) is 0 Å². The summed E-state index contributed by atoms with van der Waals surface area (Å²) in [6.07, 6.45) is 6.32. The molecule has 0 aliphatic rings. The van der Waals surface area contributed by atoms with Gasteiger partial charge in [-0.25, -0.2) is 0 Å². The minimum absolute atomic E-state index is 0.792. The Morgan fingerprint density at radius 1 is 1.05 bits per heavy atom. The number of aromatic amines is 1. The maximum atomic E-state index is 5.95. The van der Waals surface area contributed by atoms with Crippen LogP contribution in [0.3, 0.4) is 0 Å². The molecule has 0 unspecified atom stereocenters. The number of hydrogen-bond acceptors (Lipinski definition) is 0. The van der Waals surface area contributed by atoms with Crippen LogP contribution in [-0.2, 0) is 6.42 Å². The third-order valence-electron chi connectivity index (χ3n) is 3.47. The van der Waals surface area contributed by atoms with Gasteiger partial charge in [0.15, 0.2) is 0 Å². The number of rotatable bonds is 6. The summed E-state index contributed by atoms with van der Waals surface area (Å²) in [4.78, 5) is 3.50. The van der Waals surface area contributed by atoms with E-state index in [4.69, 9.17) is 11.6 Å². The number of halogens is 1. The molecule has 0 amide bonds. The molecule has 1 heterocycles. The average molecular weight is 276 g/mol. The Bertz CT molecular complexity index is 511. The fraction of sp³-hybridized carbons (Fsp3) is 0.412. The molecule has 0 saturated heterocycles. The fourth-order valence-electron chi connectivity index (χ4n) is 2.46. The van der Waals surface area contributed by atoms with Crippen LogP contribution in [0, 0.1) is 6.92 Å². The standard InChI is InChI=1S/C17H22ClN/c1-3-4-5-6-7-17-16(12-13(2)19-17)14-8-10-15(18)11-9-14/h8-12,19H,3-7H2,1-2H3. The number of H-pyrrole nitrogens is 1. The summed E-state index contributed by atoms with van der Waals surface area (Å²) in [6.45, 7) is 4.37. The number of hydrogen-bond donors (Lipinski definition) is 1. The minimum Gasteiger partial charge on any atom is -0.362 e. The van der Waals surface area contributed by atoms with Gasteiger partial charge in [0.05, 0.1) is 0 Å². The van der Waals surface area contributed by atoms with Crippen LogP contribution in [0.2, 0.25) is 5.02 Å². The smallest absolute Gasteiger partial charge is 0.0406 e. The van der Waals surface area contributed by atoms with Gasteiger partial charge in [-0.3, -0.25) is 0 Å². The van der Waals surface area contributed by atoms with Crippen molar-refractivity contribution in [1.82, 2.24) is 4.98 Å². The van der Waals surface area contributed by atoms with E-state index in [9.17, 15) is 0 Å². The van der Waals surface area contributed by atoms with Gasteiger partial charge in [-0.2, -0.15) is 0 Å². The van der Waals surface area contributed by atoms with Crippen LogP contribution >= 0.6 is 11.6 Å². The monoisotopic (exact) mass is 275 g/mol. The van der Waals surface area contributed by atoms with E-state index >= 15 is 0 Å². The van der Waals surface area contributed by atoms with E-state index in [0.717, 1.165) is 11.4 Å². The number of benzene rings is 1. The van der Waals surface area contributed by atoms with E-state index in [1.165, 1.54) is 48.2 Å². The van der Waals surface area contributed by atoms with Crippen molar-refractivity contribution in [3.8, 4) is 11.1 Å². The maximum Gasteiger partial charge on any atom is 0.0406 e. The van der Waals surface area contributed by atoms with Gasteiger partial charge < -0.3 is 4.98 Å². The predicted octanol–water partition coefficient (Wildman–Crippen LogP) is 5.77. The van der Waals surface area contributed by atoms with E-state index in [1.807, 2.05) is 12.1 Å². The Morgan fingerprint density at radius 3 is 2.47 bits per heavy atom. The summed E-state index contributed by atoms with van der Waals surface area (Å²) in [5.41, 5.74) is 5.16. The second kappa shape index (κ2) is 6.81. The molecule has 0 aliphatic carbocycles. The van der Waals surface area contributed by atoms with Crippen molar-refractivity contribution in [2.24, 2.45) is 0 Å². The fourth-order valence-corrected chi connectivity index (χ4v) is 2.58. The number of aromatic nitrogens is 1. The SMILES string of the molecule is CCCCCCc1[nH]c(C)cc1-c1ccc(Cl)cc1. The second-order valence-electron chi connectivity index (χ2n) is 5.16. The average Bonchev–Trinajstić information content (AvgIpc) is 2.77. The molecule has 1 aromatic heterocycles. The Hall–Kier alpha value is -1.21. The molecule has 1 aromatic carbocycles. The summed E-state index contributed by atoms with van der Waals surface area (Å²) in [7, 11) is 0. The molecular formula is C17H22ClN. The lowest BCUT2D eigenvalue weighted by Gasteiger charge is -2.05. The first-order valence-electron chi connectivity index (χ1n) is 7.15. The molecule has 2 rings (SSSR count). The second-order valence-corrected chi connectivity index (χ2v) is 5.60. The third-order valence-corrected chi connectivity index (χ3v) is 3.72. The number of unbranched alkanes of at least 4 members (excludes halogenated alkanes) is 3. The minimum atomic E-state index is 0.792. The van der Waals surface area contributed by atoms with Crippen LogP contribution in [0.25, 0.3) is 11.1 Å². The molecule has 0 radical (unpaired) electrons. The number of nitrogens with one attached hydrogen (secondary N) is 1. The van der Waals surface area contributed by atoms with Crippen LogP contribution in [0.1, 0.15) is 44.0 Å². The molecular weight excluding hydrogens is 254 g/mol. The van der Waals surface area contributed by atoms with Gasteiger partial charge in [0.2, 0.25) is 0 Å². The Morgan fingerprint density at radius 2 is 1.79 bits per heavy atom. The van der Waals surface area contributed by atoms with Crippen molar-refractivity contribution in [2.45, 2.75) is 46.0 Å². The van der Waals surface area contributed by atoms with E-state index in [-0.39, 0.29) is 0 Å². The third kappa shape index (κ3) is 3.87. The lowest BCUT2D eigenvalue weighted by Crippen LogP contribution is -1.89. The van der Waals surface area contributed by atoms with Gasteiger partial charge in [-0.05, 0) is 43.5 Å². The Kier molecular flexibility index (Phi) is 5.09. The van der Waals surface area contributed by atoms with Crippen LogP contribution in [0.5, 0.6) is 0 Å². The summed E-state index contributed by atoms with van der Waals surface area (Å²) < 4.78 is 0. The zero-order valence-electron chi connectivity index (χ0n) is 11.8. The molecule has 1 N–H and O–H groups in total. The molecule has 0 aliphatic heterocycles. The molecule has 0 bridgehead atoms. The summed E-state index contributed by atoms with van der Waals surface area (Å²) in [6, 6.07) is 10.3. The Balaban J connectivity index is 2.13. The van der Waals surface area contributed by atoms with Gasteiger partial charge in [0, 0.05) is 22.0 Å². The molecule has 0 atom stereocenters. The van der Waals surface area contributed by atoms with Crippen molar-refractivity contribution in [1.29, 1.82) is 0 Å². The molecule has 19 heavy (non-hydrogen) atoms. The molecule has 102 valence electrons. The summed E-state index contributed by atoms with van der Waals surface area (Å²) in [5, 5.41) is 0.792. The van der Waals surface area contributed by atoms with Gasteiger partial charge >= 0.3 is 0 Å². The molecule has 0 fully saturated rings. The molecule has 2 heteroatoms. The van der Waals surface area contributed by atoms with E-state index in [1.54, 1.807) is 0 Å². The largest absolute Gasteiger partial charge is 0.362 e. The zero-order valence-corrected chi connectivity index (χ0v) is 12.6. The van der Waals surface area contributed by atoms with Crippen molar-refractivity contribution in [3.05, 3.63) is 46.7 Å². The quantitative estimate of drug-likeness (QED) is 0.645. The normalized spacial score (nSPS) is 10.9. The van der Waals surface area contributed by atoms with Gasteiger partial charge in [-0.15, -0.1) is 0 Å². The van der Waals surface area contributed by atoms with Crippen LogP contribution in [-0.4, -0.2) is 4.98 Å². The molecule has 1 nitrogen and oxygen atoms in total. The van der Waals surface area contributed by atoms with Crippen molar-refractivity contribution >= 4 is 11.6 Å². The first-order chi connectivity index (χ1) is 9.20. The van der Waals surface area contributed by atoms with E-state index < -0.39 is 0 Å². The summed E-state index contributed by atoms with van der Waals surface area (Å²) in [5.74, 6) is 0. The van der Waals surface area contributed by atoms with Crippen LogP contribution in [0.15, 0.2) is 30.3 Å². The van der Waals surface area contributed by atoms with Crippen LogP contribution < -0.4 is 0 Å². The number of aryl methyl sites for hydroxylation is 2. The van der Waals surface area contributed by atoms with Gasteiger partial charge in [-0.1, -0.05) is 49.9 Å².